The van der Waals surface area contributed by atoms with Crippen molar-refractivity contribution >= 4 is 29.2 Å². The van der Waals surface area contributed by atoms with E-state index in [0.29, 0.717) is 25.9 Å². The molecule has 37 heavy (non-hydrogen) atoms. The third-order valence-corrected chi connectivity index (χ3v) is 8.44. The summed E-state index contributed by atoms with van der Waals surface area (Å²) in [7, 11) is 0. The van der Waals surface area contributed by atoms with Crippen molar-refractivity contribution in [2.24, 2.45) is 17.3 Å². The van der Waals surface area contributed by atoms with Crippen molar-refractivity contribution in [2.45, 2.75) is 91.6 Å². The van der Waals surface area contributed by atoms with Crippen molar-refractivity contribution in [1.29, 1.82) is 0 Å². The van der Waals surface area contributed by atoms with Crippen LogP contribution in [0.25, 0.3) is 6.08 Å². The minimum Gasteiger partial charge on any atom is -0.457 e. The second-order valence-electron chi connectivity index (χ2n) is 10.9. The summed E-state index contributed by atoms with van der Waals surface area (Å²) in [6.07, 6.45) is 2.42. The fourth-order valence-electron chi connectivity index (χ4n) is 4.91. The number of carbonyl (C=O) groups is 2. The van der Waals surface area contributed by atoms with Gasteiger partial charge in [0.15, 0.2) is 0 Å². The largest absolute Gasteiger partial charge is 0.457 e. The van der Waals surface area contributed by atoms with E-state index < -0.39 is 35.6 Å². The van der Waals surface area contributed by atoms with Gasteiger partial charge in [0.05, 0.1) is 47.5 Å². The van der Waals surface area contributed by atoms with Crippen molar-refractivity contribution in [3.63, 3.8) is 0 Å². The molecule has 9 heteroatoms. The molecule has 1 aromatic rings. The van der Waals surface area contributed by atoms with E-state index in [2.05, 4.69) is 4.98 Å². The lowest BCUT2D eigenvalue weighted by molar-refractivity contribution is -0.154. The molecule has 6 atom stereocenters. The van der Waals surface area contributed by atoms with Gasteiger partial charge in [-0.3, -0.25) is 9.59 Å². The summed E-state index contributed by atoms with van der Waals surface area (Å²) < 4.78 is 17.3. The number of aryl methyl sites for hydroxylation is 1. The number of carbonyl (C=O) groups excluding carboxylic acids is 2. The molecular weight excluding hydrogens is 494 g/mol. The smallest absolute Gasteiger partial charge is 0.309 e. The Morgan fingerprint density at radius 1 is 1.22 bits per heavy atom. The lowest BCUT2D eigenvalue weighted by Crippen LogP contribution is -2.45. The van der Waals surface area contributed by atoms with Crippen molar-refractivity contribution in [1.82, 2.24) is 4.98 Å². The first-order chi connectivity index (χ1) is 17.4. The number of Topliss-reactive ketones (excluding diaryl/α,β-unsaturated/α-hetero) is 1. The number of cyclic esters (lactones) is 1. The van der Waals surface area contributed by atoms with Gasteiger partial charge in [0, 0.05) is 17.7 Å². The third-order valence-electron chi connectivity index (χ3n) is 7.64. The van der Waals surface area contributed by atoms with E-state index in [1.165, 1.54) is 0 Å². The predicted octanol–water partition coefficient (Wildman–Crippen LogP) is 4.23. The van der Waals surface area contributed by atoms with E-state index >= 15 is 0 Å². The standard InChI is InChI=1S/C28H41NO7S/c1-16-7-9-23-20(13-34-15-35-23)8-10-22(17(2)11-21-14-37-19(4)29-21)36-25(31)12-24(30)28(5,6)27(33)18(3)26(16)32/h8,11,14,16,18,22-24,26,30,32H,7,9-10,12-13,15H2,1-6H3/t16-,18+,22-,23?,24-,26-/m0/s1. The quantitative estimate of drug-likeness (QED) is 0.427. The molecule has 0 saturated carbocycles. The molecule has 0 bridgehead atoms. The van der Waals surface area contributed by atoms with E-state index in [1.54, 1.807) is 32.1 Å². The van der Waals surface area contributed by atoms with Crippen LogP contribution in [0.4, 0.5) is 0 Å². The average Bonchev–Trinajstić information content (AvgIpc) is 3.27. The molecular formula is C28H41NO7S. The Morgan fingerprint density at radius 2 is 1.95 bits per heavy atom. The highest BCUT2D eigenvalue weighted by Gasteiger charge is 2.42. The Morgan fingerprint density at radius 3 is 2.62 bits per heavy atom. The van der Waals surface area contributed by atoms with E-state index in [-0.39, 0.29) is 31.0 Å². The Balaban J connectivity index is 1.94. The molecule has 8 nitrogen and oxygen atoms in total. The molecule has 3 heterocycles. The number of nitrogens with zero attached hydrogens (tertiary/aromatic N) is 1. The maximum atomic E-state index is 13.3. The van der Waals surface area contributed by atoms with Crippen LogP contribution in [-0.2, 0) is 23.8 Å². The minimum atomic E-state index is -1.25. The summed E-state index contributed by atoms with van der Waals surface area (Å²) in [5.41, 5.74) is 1.35. The van der Waals surface area contributed by atoms with Crippen LogP contribution in [0.15, 0.2) is 22.6 Å². The molecule has 1 saturated heterocycles. The van der Waals surface area contributed by atoms with Gasteiger partial charge >= 0.3 is 5.97 Å². The number of hydrogen-bond acceptors (Lipinski definition) is 9. The molecule has 1 fully saturated rings. The highest BCUT2D eigenvalue weighted by atomic mass is 32.1. The Labute approximate surface area is 223 Å². The van der Waals surface area contributed by atoms with E-state index in [4.69, 9.17) is 14.2 Å². The van der Waals surface area contributed by atoms with Gasteiger partial charge in [-0.2, -0.15) is 0 Å². The Hall–Kier alpha value is -1.91. The third kappa shape index (κ3) is 7.57. The minimum absolute atomic E-state index is 0.156. The second kappa shape index (κ2) is 12.8. The zero-order chi connectivity index (χ0) is 27.3. The number of aliphatic hydroxyl groups is 2. The molecule has 0 amide bonds. The molecule has 1 aromatic heterocycles. The van der Waals surface area contributed by atoms with Crippen molar-refractivity contribution < 1.29 is 34.0 Å². The number of rotatable bonds is 2. The first kappa shape index (κ1) is 29.6. The van der Waals surface area contributed by atoms with Gasteiger partial charge in [0.1, 0.15) is 18.7 Å². The molecule has 206 valence electrons. The lowest BCUT2D eigenvalue weighted by Gasteiger charge is -2.35. The van der Waals surface area contributed by atoms with Gasteiger partial charge in [-0.25, -0.2) is 4.98 Å². The number of hydrogen-bond donors (Lipinski definition) is 2. The summed E-state index contributed by atoms with van der Waals surface area (Å²) in [5.74, 6) is -1.74. The number of ether oxygens (including phenoxy) is 3. The summed E-state index contributed by atoms with van der Waals surface area (Å²) in [6, 6.07) is 0. The summed E-state index contributed by atoms with van der Waals surface area (Å²) in [5, 5.41) is 24.7. The topological polar surface area (TPSA) is 115 Å². The maximum absolute atomic E-state index is 13.3. The molecule has 0 spiro atoms. The number of thiazole rings is 1. The molecule has 0 aromatic carbocycles. The summed E-state index contributed by atoms with van der Waals surface area (Å²) in [6.45, 7) is 11.3. The number of aromatic nitrogens is 1. The highest BCUT2D eigenvalue weighted by Crippen LogP contribution is 2.33. The Kier molecular flexibility index (Phi) is 10.2. The molecule has 2 N–H and O–H groups in total. The van der Waals surface area contributed by atoms with E-state index in [1.807, 2.05) is 38.3 Å². The normalized spacial score (nSPS) is 32.9. The molecule has 3 rings (SSSR count). The van der Waals surface area contributed by atoms with Gasteiger partial charge in [-0.1, -0.05) is 33.8 Å². The van der Waals surface area contributed by atoms with Crippen molar-refractivity contribution in [3.05, 3.63) is 33.3 Å². The maximum Gasteiger partial charge on any atom is 0.309 e. The van der Waals surface area contributed by atoms with Gasteiger partial charge in [0.25, 0.3) is 0 Å². The monoisotopic (exact) mass is 535 g/mol. The van der Waals surface area contributed by atoms with Crippen LogP contribution in [0.2, 0.25) is 0 Å². The van der Waals surface area contributed by atoms with Crippen LogP contribution in [0.3, 0.4) is 0 Å². The van der Waals surface area contributed by atoms with Gasteiger partial charge in [0.2, 0.25) is 0 Å². The van der Waals surface area contributed by atoms with Gasteiger partial charge in [-0.05, 0) is 49.8 Å². The SMILES string of the molecule is CC(=Cc1csc(C)n1)[C@@H]1CC=C2COCOC2CC[C@H](C)[C@H](O)[C@@H](C)C(=O)C(C)(C)[C@@H](O)CC(=O)O1. The van der Waals surface area contributed by atoms with Crippen LogP contribution in [0, 0.1) is 24.2 Å². The number of fused-ring (bicyclic) bond motifs is 1. The van der Waals surface area contributed by atoms with Crippen LogP contribution in [0.1, 0.15) is 71.0 Å². The van der Waals surface area contributed by atoms with Gasteiger partial charge < -0.3 is 24.4 Å². The summed E-state index contributed by atoms with van der Waals surface area (Å²) in [4.78, 5) is 30.8. The van der Waals surface area contributed by atoms with Crippen molar-refractivity contribution in [3.8, 4) is 0 Å². The zero-order valence-corrected chi connectivity index (χ0v) is 23.5. The first-order valence-electron chi connectivity index (χ1n) is 13.0. The van der Waals surface area contributed by atoms with E-state index in [9.17, 15) is 19.8 Å². The van der Waals surface area contributed by atoms with Crippen LogP contribution in [-0.4, -0.2) is 64.8 Å². The number of esters is 1. The lowest BCUT2D eigenvalue weighted by atomic mass is 9.73. The fraction of sp³-hybridized carbons (Fsp3) is 0.679. The first-order valence-corrected chi connectivity index (χ1v) is 13.9. The Bertz CT molecular complexity index is 1010. The van der Waals surface area contributed by atoms with Crippen LogP contribution >= 0.6 is 11.3 Å². The van der Waals surface area contributed by atoms with Crippen LogP contribution in [0.5, 0.6) is 0 Å². The molecule has 1 unspecified atom stereocenters. The molecule has 2 aliphatic rings. The predicted molar refractivity (Wildman–Crippen MR) is 142 cm³/mol. The zero-order valence-electron chi connectivity index (χ0n) is 22.7. The fourth-order valence-corrected chi connectivity index (χ4v) is 5.48. The molecule has 0 radical (unpaired) electrons. The number of aliphatic hydroxyl groups excluding tert-OH is 2. The van der Waals surface area contributed by atoms with E-state index in [0.717, 1.165) is 21.8 Å². The highest BCUT2D eigenvalue weighted by molar-refractivity contribution is 7.09. The van der Waals surface area contributed by atoms with Gasteiger partial charge in [-0.15, -0.1) is 11.3 Å². The second-order valence-corrected chi connectivity index (χ2v) is 12.0. The molecule has 2 aliphatic heterocycles. The number of ketones is 1. The van der Waals surface area contributed by atoms with Crippen LogP contribution < -0.4 is 0 Å². The molecule has 0 aliphatic carbocycles. The summed E-state index contributed by atoms with van der Waals surface area (Å²) >= 11 is 1.54. The van der Waals surface area contributed by atoms with Crippen molar-refractivity contribution in [2.75, 3.05) is 13.4 Å². The average molecular weight is 536 g/mol.